The Bertz CT molecular complexity index is 611. The van der Waals surface area contributed by atoms with Gasteiger partial charge < -0.3 is 16.4 Å². The molecule has 2 aromatic rings. The molecule has 1 aromatic heterocycles. The molecule has 0 bridgehead atoms. The van der Waals surface area contributed by atoms with Crippen LogP contribution in [0.3, 0.4) is 0 Å². The second-order valence-corrected chi connectivity index (χ2v) is 4.23. The summed E-state index contributed by atoms with van der Waals surface area (Å²) in [6.45, 7) is 0.755. The van der Waals surface area contributed by atoms with Crippen LogP contribution in [-0.4, -0.2) is 39.7 Å². The van der Waals surface area contributed by atoms with Gasteiger partial charge in [0, 0.05) is 13.1 Å². The van der Waals surface area contributed by atoms with E-state index in [4.69, 9.17) is 5.73 Å². The van der Waals surface area contributed by atoms with E-state index in [2.05, 4.69) is 20.7 Å². The molecule has 1 heterocycles. The van der Waals surface area contributed by atoms with Gasteiger partial charge in [0.05, 0.1) is 11.3 Å². The number of amides is 2. The van der Waals surface area contributed by atoms with Crippen LogP contribution in [0.2, 0.25) is 0 Å². The summed E-state index contributed by atoms with van der Waals surface area (Å²) in [5.74, 6) is -0.573. The number of rotatable bonds is 6. The van der Waals surface area contributed by atoms with Gasteiger partial charge in [-0.15, -0.1) is 0 Å². The van der Waals surface area contributed by atoms with Gasteiger partial charge in [0.1, 0.15) is 19.2 Å². The predicted octanol–water partition coefficient (Wildman–Crippen LogP) is -0.395. The number of nitrogens with zero attached hydrogens (tertiary/aromatic N) is 3. The Kier molecular flexibility index (Phi) is 4.99. The second kappa shape index (κ2) is 7.15. The molecule has 0 aliphatic heterocycles. The van der Waals surface area contributed by atoms with Crippen LogP contribution in [-0.2, 0) is 11.3 Å². The van der Waals surface area contributed by atoms with Crippen LogP contribution in [0.1, 0.15) is 10.4 Å². The van der Waals surface area contributed by atoms with Crippen molar-refractivity contribution in [1.29, 1.82) is 0 Å². The maximum atomic E-state index is 12.0. The highest BCUT2D eigenvalue weighted by atomic mass is 16.2. The molecule has 4 N–H and O–H groups in total. The van der Waals surface area contributed by atoms with Gasteiger partial charge in [0.2, 0.25) is 5.91 Å². The Morgan fingerprint density at radius 1 is 1.29 bits per heavy atom. The van der Waals surface area contributed by atoms with Crippen LogP contribution in [0.25, 0.3) is 0 Å². The number of hydrogen-bond acceptors (Lipinski definition) is 5. The molecule has 0 saturated heterocycles. The van der Waals surface area contributed by atoms with Crippen molar-refractivity contribution in [2.24, 2.45) is 5.73 Å². The van der Waals surface area contributed by atoms with Crippen molar-refractivity contribution in [2.45, 2.75) is 6.54 Å². The van der Waals surface area contributed by atoms with Crippen LogP contribution in [0.5, 0.6) is 0 Å². The summed E-state index contributed by atoms with van der Waals surface area (Å²) in [6, 6.07) is 6.77. The quantitative estimate of drug-likeness (QED) is 0.669. The summed E-state index contributed by atoms with van der Waals surface area (Å²) in [6.07, 6.45) is 2.79. The molecule has 2 amide bonds. The maximum Gasteiger partial charge on any atom is 0.253 e. The molecule has 0 aliphatic rings. The van der Waals surface area contributed by atoms with Crippen molar-refractivity contribution in [1.82, 2.24) is 20.1 Å². The first kappa shape index (κ1) is 14.7. The molecule has 1 aromatic carbocycles. The van der Waals surface area contributed by atoms with Crippen LogP contribution < -0.4 is 16.4 Å². The Labute approximate surface area is 121 Å². The summed E-state index contributed by atoms with van der Waals surface area (Å²) in [5, 5.41) is 9.20. The number of nitrogens with two attached hydrogens (primary N) is 1. The number of hydrogen-bond donors (Lipinski definition) is 3. The van der Waals surface area contributed by atoms with Gasteiger partial charge >= 0.3 is 0 Å². The molecule has 110 valence electrons. The van der Waals surface area contributed by atoms with E-state index >= 15 is 0 Å². The molecule has 8 nitrogen and oxygen atoms in total. The van der Waals surface area contributed by atoms with E-state index in [0.717, 1.165) is 0 Å². The van der Waals surface area contributed by atoms with Gasteiger partial charge in [-0.2, -0.15) is 5.10 Å². The van der Waals surface area contributed by atoms with Gasteiger partial charge in [-0.25, -0.2) is 9.67 Å². The van der Waals surface area contributed by atoms with Crippen LogP contribution in [0, 0.1) is 0 Å². The third kappa shape index (κ3) is 4.11. The lowest BCUT2D eigenvalue weighted by Gasteiger charge is -2.11. The van der Waals surface area contributed by atoms with E-state index in [-0.39, 0.29) is 18.4 Å². The summed E-state index contributed by atoms with van der Waals surface area (Å²) < 4.78 is 1.40. The smallest absolute Gasteiger partial charge is 0.253 e. The summed E-state index contributed by atoms with van der Waals surface area (Å²) in [4.78, 5) is 27.7. The summed E-state index contributed by atoms with van der Waals surface area (Å²) in [5.41, 5.74) is 6.18. The number of nitrogens with one attached hydrogen (secondary N) is 2. The lowest BCUT2D eigenvalue weighted by Crippen LogP contribution is -2.30. The monoisotopic (exact) mass is 288 g/mol. The fourth-order valence-corrected chi connectivity index (χ4v) is 1.72. The number of benzene rings is 1. The van der Waals surface area contributed by atoms with Crippen LogP contribution in [0.4, 0.5) is 5.69 Å². The summed E-state index contributed by atoms with van der Waals surface area (Å²) >= 11 is 0. The van der Waals surface area contributed by atoms with Crippen LogP contribution in [0.15, 0.2) is 36.9 Å². The number of carbonyl (C=O) groups excluding carboxylic acids is 2. The number of anilines is 1. The van der Waals surface area contributed by atoms with E-state index in [0.29, 0.717) is 24.3 Å². The van der Waals surface area contributed by atoms with Crippen molar-refractivity contribution in [2.75, 3.05) is 18.4 Å². The fraction of sp³-hybridized carbons (Fsp3) is 0.231. The zero-order chi connectivity index (χ0) is 15.1. The highest BCUT2D eigenvalue weighted by Crippen LogP contribution is 2.14. The normalized spacial score (nSPS) is 10.1. The van der Waals surface area contributed by atoms with Gasteiger partial charge in [-0.3, -0.25) is 9.59 Å². The maximum absolute atomic E-state index is 12.0. The van der Waals surface area contributed by atoms with E-state index in [1.54, 1.807) is 24.3 Å². The molecule has 21 heavy (non-hydrogen) atoms. The SMILES string of the molecule is NCCNC(=O)c1ccccc1NC(=O)Cn1cncn1. The first-order valence-electron chi connectivity index (χ1n) is 6.40. The highest BCUT2D eigenvalue weighted by molar-refractivity contribution is 6.03. The average Bonchev–Trinajstić information content (AvgIpc) is 2.98. The van der Waals surface area contributed by atoms with Gasteiger partial charge in [0.15, 0.2) is 0 Å². The van der Waals surface area contributed by atoms with E-state index in [1.165, 1.54) is 17.3 Å². The van der Waals surface area contributed by atoms with Gasteiger partial charge in [-0.05, 0) is 12.1 Å². The predicted molar refractivity (Wildman–Crippen MR) is 76.5 cm³/mol. The third-order valence-corrected chi connectivity index (χ3v) is 2.65. The minimum atomic E-state index is -0.292. The average molecular weight is 288 g/mol. The van der Waals surface area contributed by atoms with Crippen molar-refractivity contribution >= 4 is 17.5 Å². The standard InChI is InChI=1S/C13H16N6O2/c14-5-6-16-13(21)10-3-1-2-4-11(10)18-12(20)7-19-9-15-8-17-19/h1-4,8-9H,5-7,14H2,(H,16,21)(H,18,20). The second-order valence-electron chi connectivity index (χ2n) is 4.23. The molecule has 0 aliphatic carbocycles. The Balaban J connectivity index is 2.05. The number of aromatic nitrogens is 3. The molecule has 0 fully saturated rings. The van der Waals surface area contributed by atoms with Gasteiger partial charge in [-0.1, -0.05) is 12.1 Å². The largest absolute Gasteiger partial charge is 0.351 e. The Morgan fingerprint density at radius 3 is 2.81 bits per heavy atom. The van der Waals surface area contributed by atoms with Gasteiger partial charge in [0.25, 0.3) is 5.91 Å². The first-order valence-corrected chi connectivity index (χ1v) is 6.40. The van der Waals surface area contributed by atoms with E-state index < -0.39 is 0 Å². The van der Waals surface area contributed by atoms with Crippen LogP contribution >= 0.6 is 0 Å². The first-order chi connectivity index (χ1) is 10.2. The highest BCUT2D eigenvalue weighted by Gasteiger charge is 2.12. The van der Waals surface area contributed by atoms with Crippen molar-refractivity contribution in [3.63, 3.8) is 0 Å². The Hall–Kier alpha value is -2.74. The zero-order valence-corrected chi connectivity index (χ0v) is 11.3. The summed E-state index contributed by atoms with van der Waals surface area (Å²) in [7, 11) is 0. The van der Waals surface area contributed by atoms with E-state index in [1.807, 2.05) is 0 Å². The van der Waals surface area contributed by atoms with E-state index in [9.17, 15) is 9.59 Å². The molecule has 0 unspecified atom stereocenters. The Morgan fingerprint density at radius 2 is 2.10 bits per heavy atom. The molecule has 0 saturated carbocycles. The minimum Gasteiger partial charge on any atom is -0.351 e. The molecule has 0 spiro atoms. The molecular weight excluding hydrogens is 272 g/mol. The molecule has 0 atom stereocenters. The van der Waals surface area contributed by atoms with Crippen molar-refractivity contribution < 1.29 is 9.59 Å². The molecular formula is C13H16N6O2. The molecule has 8 heteroatoms. The fourth-order valence-electron chi connectivity index (χ4n) is 1.72. The minimum absolute atomic E-state index is 0.0265. The topological polar surface area (TPSA) is 115 Å². The lowest BCUT2D eigenvalue weighted by atomic mass is 10.1. The lowest BCUT2D eigenvalue weighted by molar-refractivity contribution is -0.116. The molecule has 0 radical (unpaired) electrons. The van der Waals surface area contributed by atoms with Crippen molar-refractivity contribution in [3.8, 4) is 0 Å². The molecule has 2 rings (SSSR count). The number of para-hydroxylation sites is 1. The zero-order valence-electron chi connectivity index (χ0n) is 11.3. The number of carbonyl (C=O) groups is 2. The van der Waals surface area contributed by atoms with Crippen molar-refractivity contribution in [3.05, 3.63) is 42.5 Å². The third-order valence-electron chi connectivity index (χ3n) is 2.65.